The van der Waals surface area contributed by atoms with E-state index in [4.69, 9.17) is 0 Å². The van der Waals surface area contributed by atoms with E-state index in [0.29, 0.717) is 18.5 Å². The minimum atomic E-state index is -4.82. The fourth-order valence-electron chi connectivity index (χ4n) is 3.88. The molecule has 9 nitrogen and oxygen atoms in total. The topological polar surface area (TPSA) is 105 Å². The second kappa shape index (κ2) is 10.6. The minimum Gasteiger partial charge on any atom is -0.405 e. The Hall–Kier alpha value is -3.15. The molecule has 1 aromatic carbocycles. The number of ether oxygens (including phenoxy) is 1. The van der Waals surface area contributed by atoms with Crippen LogP contribution in [0.3, 0.4) is 0 Å². The van der Waals surface area contributed by atoms with E-state index < -0.39 is 11.3 Å². The van der Waals surface area contributed by atoms with Gasteiger partial charge in [0.1, 0.15) is 11.9 Å². The first-order chi connectivity index (χ1) is 15.6. The molecule has 0 amide bonds. The van der Waals surface area contributed by atoms with E-state index in [0.717, 1.165) is 31.9 Å². The molecular weight excluding hydrogens is 441 g/mol. The van der Waals surface area contributed by atoms with Crippen LogP contribution in [0, 0.1) is 16.0 Å². The van der Waals surface area contributed by atoms with Gasteiger partial charge in [-0.05, 0) is 51.8 Å². The third-order valence-corrected chi connectivity index (χ3v) is 5.71. The number of halogens is 3. The first-order valence-corrected chi connectivity index (χ1v) is 10.6. The number of nitro groups is 1. The highest BCUT2D eigenvalue weighted by Gasteiger charge is 2.32. The van der Waals surface area contributed by atoms with Crippen LogP contribution in [0.15, 0.2) is 30.5 Å². The third kappa shape index (κ3) is 7.17. The summed E-state index contributed by atoms with van der Waals surface area (Å²) in [6.07, 6.45) is 0.419. The molecule has 1 saturated carbocycles. The summed E-state index contributed by atoms with van der Waals surface area (Å²) < 4.78 is 41.9. The Morgan fingerprint density at radius 3 is 2.52 bits per heavy atom. The summed E-state index contributed by atoms with van der Waals surface area (Å²) in [6.45, 7) is 0.484. The maximum absolute atomic E-state index is 12.6. The van der Waals surface area contributed by atoms with E-state index in [1.54, 1.807) is 6.07 Å². The molecule has 2 aromatic rings. The van der Waals surface area contributed by atoms with Crippen LogP contribution < -0.4 is 15.4 Å². The van der Waals surface area contributed by atoms with Crippen molar-refractivity contribution in [3.05, 3.63) is 46.1 Å². The summed E-state index contributed by atoms with van der Waals surface area (Å²) in [5.74, 6) is 0.165. The fourth-order valence-corrected chi connectivity index (χ4v) is 3.88. The summed E-state index contributed by atoms with van der Waals surface area (Å²) in [6, 6.07) is 6.24. The molecule has 1 fully saturated rings. The van der Waals surface area contributed by atoms with Crippen LogP contribution in [-0.4, -0.2) is 52.8 Å². The number of anilines is 2. The van der Waals surface area contributed by atoms with Gasteiger partial charge in [0.15, 0.2) is 0 Å². The summed E-state index contributed by atoms with van der Waals surface area (Å²) in [5.41, 5.74) is -0.0210. The first-order valence-electron chi connectivity index (χ1n) is 10.6. The zero-order chi connectivity index (χ0) is 24.0. The van der Waals surface area contributed by atoms with Gasteiger partial charge in [-0.1, -0.05) is 18.2 Å². The van der Waals surface area contributed by atoms with Crippen LogP contribution in [0.25, 0.3) is 0 Å². The zero-order valence-electron chi connectivity index (χ0n) is 18.4. The second-order valence-electron chi connectivity index (χ2n) is 8.21. The Labute approximate surface area is 189 Å². The molecule has 3 rings (SSSR count). The smallest absolute Gasteiger partial charge is 0.405 e. The van der Waals surface area contributed by atoms with Gasteiger partial charge in [0.2, 0.25) is 11.8 Å². The van der Waals surface area contributed by atoms with Crippen molar-refractivity contribution in [2.75, 3.05) is 31.3 Å². The number of alkyl halides is 3. The van der Waals surface area contributed by atoms with Crippen LogP contribution in [0.5, 0.6) is 5.75 Å². The van der Waals surface area contributed by atoms with Crippen LogP contribution in [0.1, 0.15) is 31.2 Å². The van der Waals surface area contributed by atoms with Crippen molar-refractivity contribution in [2.24, 2.45) is 5.92 Å². The van der Waals surface area contributed by atoms with Crippen LogP contribution in [0.2, 0.25) is 0 Å². The largest absolute Gasteiger partial charge is 0.573 e. The number of hydrogen-bond donors (Lipinski definition) is 2. The molecule has 0 atom stereocenters. The minimum absolute atomic E-state index is 0.0567. The lowest BCUT2D eigenvalue weighted by Gasteiger charge is -2.32. The van der Waals surface area contributed by atoms with E-state index in [-0.39, 0.29) is 35.3 Å². The quantitative estimate of drug-likeness (QED) is 0.411. The Balaban J connectivity index is 1.65. The molecule has 0 radical (unpaired) electrons. The summed E-state index contributed by atoms with van der Waals surface area (Å²) in [4.78, 5) is 21.2. The fraction of sp³-hybridized carbons (Fsp3) is 0.524. The number of benzene rings is 1. The van der Waals surface area contributed by atoms with Crippen molar-refractivity contribution in [2.45, 2.75) is 44.6 Å². The average Bonchev–Trinajstić information content (AvgIpc) is 2.76. The Morgan fingerprint density at radius 2 is 1.88 bits per heavy atom. The number of para-hydroxylation sites is 1. The Kier molecular flexibility index (Phi) is 7.90. The highest BCUT2D eigenvalue weighted by molar-refractivity contribution is 5.57. The number of nitrogens with zero attached hydrogens (tertiary/aromatic N) is 4. The molecule has 33 heavy (non-hydrogen) atoms. The molecule has 0 unspecified atom stereocenters. The third-order valence-electron chi connectivity index (χ3n) is 5.71. The average molecular weight is 468 g/mol. The van der Waals surface area contributed by atoms with Crippen LogP contribution in [-0.2, 0) is 6.54 Å². The monoisotopic (exact) mass is 468 g/mol. The van der Waals surface area contributed by atoms with Gasteiger partial charge in [0.25, 0.3) is 0 Å². The first kappa shape index (κ1) is 24.5. The lowest BCUT2D eigenvalue weighted by molar-refractivity contribution is -0.384. The molecule has 1 aromatic heterocycles. The van der Waals surface area contributed by atoms with Crippen molar-refractivity contribution >= 4 is 17.5 Å². The Bertz CT molecular complexity index is 949. The van der Waals surface area contributed by atoms with Crippen molar-refractivity contribution < 1.29 is 22.8 Å². The van der Waals surface area contributed by atoms with E-state index in [1.165, 1.54) is 18.2 Å². The molecule has 2 N–H and O–H groups in total. The highest BCUT2D eigenvalue weighted by atomic mass is 19.4. The maximum atomic E-state index is 12.6. The van der Waals surface area contributed by atoms with Gasteiger partial charge in [-0.3, -0.25) is 10.1 Å². The molecule has 0 aliphatic heterocycles. The van der Waals surface area contributed by atoms with E-state index in [2.05, 4.69) is 44.3 Å². The maximum Gasteiger partial charge on any atom is 0.573 e. The predicted octanol–water partition coefficient (Wildman–Crippen LogP) is 4.43. The van der Waals surface area contributed by atoms with Gasteiger partial charge in [0, 0.05) is 24.7 Å². The molecule has 1 aliphatic rings. The lowest BCUT2D eigenvalue weighted by Crippen LogP contribution is -2.33. The van der Waals surface area contributed by atoms with Crippen molar-refractivity contribution in [3.8, 4) is 5.75 Å². The van der Waals surface area contributed by atoms with Crippen LogP contribution >= 0.6 is 0 Å². The zero-order valence-corrected chi connectivity index (χ0v) is 18.4. The molecule has 1 heterocycles. The van der Waals surface area contributed by atoms with Crippen molar-refractivity contribution in [1.82, 2.24) is 14.9 Å². The summed E-state index contributed by atoms with van der Waals surface area (Å²) >= 11 is 0. The number of rotatable bonds is 9. The van der Waals surface area contributed by atoms with Gasteiger partial charge in [-0.25, -0.2) is 4.98 Å². The molecule has 12 heteroatoms. The van der Waals surface area contributed by atoms with Gasteiger partial charge < -0.3 is 20.3 Å². The van der Waals surface area contributed by atoms with Gasteiger partial charge in [0.05, 0.1) is 4.92 Å². The normalized spacial score (nSPS) is 18.7. The number of hydrogen-bond acceptors (Lipinski definition) is 8. The number of aromatic nitrogens is 2. The molecular formula is C21H27F3N6O3. The molecule has 180 valence electrons. The summed E-state index contributed by atoms with van der Waals surface area (Å²) in [7, 11) is 4.13. The van der Waals surface area contributed by atoms with Gasteiger partial charge >= 0.3 is 12.0 Å². The van der Waals surface area contributed by atoms with Gasteiger partial charge in [-0.15, -0.1) is 13.2 Å². The van der Waals surface area contributed by atoms with Crippen LogP contribution in [0.4, 0.5) is 30.6 Å². The van der Waals surface area contributed by atoms with E-state index in [1.807, 2.05) is 0 Å². The standard InChI is InChI=1S/C21H27F3N6O3/c1-29(2)16-9-7-14(8-10-16)11-25-19-17(30(31)32)13-27-20(28-19)26-12-15-5-3-4-6-18(15)33-21(22,23)24/h3-6,13-14,16H,7-12H2,1-2H3,(H2,25,26,27,28). The SMILES string of the molecule is CN(C)C1CCC(CNc2nc(NCc3ccccc3OC(F)(F)F)ncc2[N+](=O)[O-])CC1. The summed E-state index contributed by atoms with van der Waals surface area (Å²) in [5, 5.41) is 17.3. The number of nitrogens with one attached hydrogen (secondary N) is 2. The van der Waals surface area contributed by atoms with Crippen molar-refractivity contribution in [1.29, 1.82) is 0 Å². The predicted molar refractivity (Wildman–Crippen MR) is 117 cm³/mol. The van der Waals surface area contributed by atoms with Crippen molar-refractivity contribution in [3.63, 3.8) is 0 Å². The van der Waals surface area contributed by atoms with E-state index >= 15 is 0 Å². The second-order valence-corrected chi connectivity index (χ2v) is 8.21. The molecule has 0 bridgehead atoms. The Morgan fingerprint density at radius 1 is 1.18 bits per heavy atom. The van der Waals surface area contributed by atoms with E-state index in [9.17, 15) is 23.3 Å². The van der Waals surface area contributed by atoms with Gasteiger partial charge in [-0.2, -0.15) is 4.98 Å². The highest BCUT2D eigenvalue weighted by Crippen LogP contribution is 2.29. The molecule has 0 saturated heterocycles. The molecule has 1 aliphatic carbocycles. The molecule has 0 spiro atoms. The lowest BCUT2D eigenvalue weighted by atomic mass is 9.85.